The summed E-state index contributed by atoms with van der Waals surface area (Å²) in [4.78, 5) is 18.8. The van der Waals surface area contributed by atoms with E-state index in [0.717, 1.165) is 12.2 Å². The fourth-order valence-electron chi connectivity index (χ4n) is 1.79. The Hall–Kier alpha value is -1.53. The van der Waals surface area contributed by atoms with Crippen molar-refractivity contribution in [2.24, 2.45) is 0 Å². The van der Waals surface area contributed by atoms with Crippen molar-refractivity contribution in [1.82, 2.24) is 19.7 Å². The fraction of sp³-hybridized carbons (Fsp3) is 0.357. The topological polar surface area (TPSA) is 51.0 Å². The molecule has 0 aliphatic rings. The first-order valence-corrected chi connectivity index (χ1v) is 7.11. The van der Waals surface area contributed by atoms with Crippen molar-refractivity contribution in [3.63, 3.8) is 0 Å². The molecule has 0 amide bonds. The highest BCUT2D eigenvalue weighted by Gasteiger charge is 2.19. The molecule has 2 rings (SSSR count). The van der Waals surface area contributed by atoms with Crippen LogP contribution < -0.4 is 0 Å². The predicted octanol–water partition coefficient (Wildman–Crippen LogP) is 2.14. The zero-order valence-corrected chi connectivity index (χ0v) is 13.4. The summed E-state index contributed by atoms with van der Waals surface area (Å²) >= 11 is 3.40. The Labute approximate surface area is 126 Å². The van der Waals surface area contributed by atoms with Crippen molar-refractivity contribution in [2.45, 2.75) is 13.5 Å². The van der Waals surface area contributed by atoms with Gasteiger partial charge in [-0.1, -0.05) is 0 Å². The Balaban J connectivity index is 2.29. The van der Waals surface area contributed by atoms with Gasteiger partial charge in [0.15, 0.2) is 0 Å². The summed E-state index contributed by atoms with van der Waals surface area (Å²) < 4.78 is 2.44. The Bertz CT molecular complexity index is 604. The summed E-state index contributed by atoms with van der Waals surface area (Å²) in [7, 11) is 3.98. The summed E-state index contributed by atoms with van der Waals surface area (Å²) in [6.45, 7) is 3.38. The number of likely N-dealkylation sites (N-methyl/N-ethyl adjacent to an activating group) is 1. The zero-order valence-electron chi connectivity index (χ0n) is 11.8. The SMILES string of the molecule is Cc1ccc(C(=O)c2c(Br)cnn2CCN(C)C)cn1. The highest BCUT2D eigenvalue weighted by Crippen LogP contribution is 2.19. The van der Waals surface area contributed by atoms with Crippen LogP contribution in [0, 0.1) is 6.92 Å². The molecule has 2 heterocycles. The van der Waals surface area contributed by atoms with E-state index in [0.29, 0.717) is 22.3 Å². The van der Waals surface area contributed by atoms with Crippen molar-refractivity contribution >= 4 is 21.7 Å². The molecule has 0 aromatic carbocycles. The van der Waals surface area contributed by atoms with Crippen molar-refractivity contribution in [1.29, 1.82) is 0 Å². The zero-order chi connectivity index (χ0) is 14.7. The fourth-order valence-corrected chi connectivity index (χ4v) is 2.27. The smallest absolute Gasteiger partial charge is 0.213 e. The summed E-state index contributed by atoms with van der Waals surface area (Å²) in [5.41, 5.74) is 2.03. The van der Waals surface area contributed by atoms with Crippen LogP contribution in [0.4, 0.5) is 0 Å². The molecule has 0 aliphatic heterocycles. The first-order chi connectivity index (χ1) is 9.49. The first kappa shape index (κ1) is 14.9. The van der Waals surface area contributed by atoms with Crippen molar-refractivity contribution < 1.29 is 4.79 Å². The lowest BCUT2D eigenvalue weighted by molar-refractivity contribution is 0.102. The van der Waals surface area contributed by atoms with Gasteiger partial charge in [-0.05, 0) is 49.1 Å². The minimum atomic E-state index is -0.0689. The van der Waals surface area contributed by atoms with Crippen LogP contribution in [0.15, 0.2) is 29.0 Å². The summed E-state index contributed by atoms with van der Waals surface area (Å²) in [5.74, 6) is -0.0689. The monoisotopic (exact) mass is 336 g/mol. The van der Waals surface area contributed by atoms with Gasteiger partial charge in [0.25, 0.3) is 0 Å². The van der Waals surface area contributed by atoms with Gasteiger partial charge in [0.2, 0.25) is 5.78 Å². The van der Waals surface area contributed by atoms with Gasteiger partial charge in [-0.3, -0.25) is 14.5 Å². The maximum absolute atomic E-state index is 12.6. The van der Waals surface area contributed by atoms with Gasteiger partial charge in [-0.25, -0.2) is 0 Å². The van der Waals surface area contributed by atoms with Crippen LogP contribution in [-0.2, 0) is 6.54 Å². The average molecular weight is 337 g/mol. The Morgan fingerprint density at radius 3 is 2.70 bits per heavy atom. The van der Waals surface area contributed by atoms with Crippen LogP contribution >= 0.6 is 15.9 Å². The molecule has 0 unspecified atom stereocenters. The molecule has 0 saturated heterocycles. The lowest BCUT2D eigenvalue weighted by Crippen LogP contribution is -2.21. The van der Waals surface area contributed by atoms with E-state index in [1.165, 1.54) is 0 Å². The molecule has 0 saturated carbocycles. The van der Waals surface area contributed by atoms with Crippen LogP contribution in [0.2, 0.25) is 0 Å². The molecule has 5 nitrogen and oxygen atoms in total. The van der Waals surface area contributed by atoms with Gasteiger partial charge in [0.05, 0.1) is 17.2 Å². The Morgan fingerprint density at radius 1 is 1.35 bits per heavy atom. The van der Waals surface area contributed by atoms with E-state index in [2.05, 4.69) is 30.9 Å². The van der Waals surface area contributed by atoms with Crippen molar-refractivity contribution in [2.75, 3.05) is 20.6 Å². The second kappa shape index (κ2) is 6.28. The summed E-state index contributed by atoms with van der Waals surface area (Å²) in [6, 6.07) is 3.63. The number of halogens is 1. The number of pyridine rings is 1. The summed E-state index contributed by atoms with van der Waals surface area (Å²) in [5, 5.41) is 4.25. The minimum absolute atomic E-state index is 0.0689. The summed E-state index contributed by atoms with van der Waals surface area (Å²) in [6.07, 6.45) is 3.26. The maximum Gasteiger partial charge on any atom is 0.213 e. The standard InChI is InChI=1S/C14H17BrN4O/c1-10-4-5-11(8-16-10)14(20)13-12(15)9-17-19(13)7-6-18(2)3/h4-5,8-9H,6-7H2,1-3H3. The highest BCUT2D eigenvalue weighted by atomic mass is 79.9. The van der Waals surface area contributed by atoms with E-state index in [9.17, 15) is 4.79 Å². The normalized spacial score (nSPS) is 11.1. The van der Waals surface area contributed by atoms with Crippen LogP contribution in [-0.4, -0.2) is 46.1 Å². The van der Waals surface area contributed by atoms with Gasteiger partial charge in [0, 0.05) is 24.0 Å². The molecule has 0 atom stereocenters. The number of aromatic nitrogens is 3. The molecule has 0 radical (unpaired) electrons. The largest absolute Gasteiger partial charge is 0.308 e. The number of carbonyl (C=O) groups is 1. The molecule has 20 heavy (non-hydrogen) atoms. The van der Waals surface area contributed by atoms with E-state index in [1.807, 2.05) is 27.1 Å². The third-order valence-electron chi connectivity index (χ3n) is 2.94. The van der Waals surface area contributed by atoms with Crippen molar-refractivity contribution in [3.05, 3.63) is 46.0 Å². The number of hydrogen-bond acceptors (Lipinski definition) is 4. The average Bonchev–Trinajstić information content (AvgIpc) is 2.77. The Morgan fingerprint density at radius 2 is 2.10 bits per heavy atom. The molecule has 0 aliphatic carbocycles. The lowest BCUT2D eigenvalue weighted by Gasteiger charge is -2.11. The molecule has 2 aromatic heterocycles. The third-order valence-corrected chi connectivity index (χ3v) is 3.52. The Kier molecular flexibility index (Phi) is 4.67. The molecule has 6 heteroatoms. The first-order valence-electron chi connectivity index (χ1n) is 6.32. The molecular weight excluding hydrogens is 320 g/mol. The van der Waals surface area contributed by atoms with E-state index in [1.54, 1.807) is 23.1 Å². The molecule has 106 valence electrons. The van der Waals surface area contributed by atoms with E-state index in [4.69, 9.17) is 0 Å². The molecule has 0 spiro atoms. The van der Waals surface area contributed by atoms with E-state index in [-0.39, 0.29) is 5.78 Å². The minimum Gasteiger partial charge on any atom is -0.308 e. The third kappa shape index (κ3) is 3.32. The number of hydrogen-bond donors (Lipinski definition) is 0. The van der Waals surface area contributed by atoms with E-state index < -0.39 is 0 Å². The highest BCUT2D eigenvalue weighted by molar-refractivity contribution is 9.10. The number of carbonyl (C=O) groups excluding carboxylic acids is 1. The second-order valence-corrected chi connectivity index (χ2v) is 5.74. The number of ketones is 1. The van der Waals surface area contributed by atoms with Crippen LogP contribution in [0.25, 0.3) is 0 Å². The number of rotatable bonds is 5. The van der Waals surface area contributed by atoms with Gasteiger partial charge in [0.1, 0.15) is 5.69 Å². The van der Waals surface area contributed by atoms with E-state index >= 15 is 0 Å². The van der Waals surface area contributed by atoms with Crippen molar-refractivity contribution in [3.8, 4) is 0 Å². The molecule has 0 fully saturated rings. The predicted molar refractivity (Wildman–Crippen MR) is 80.9 cm³/mol. The van der Waals surface area contributed by atoms with Gasteiger partial charge in [-0.2, -0.15) is 5.10 Å². The number of nitrogens with zero attached hydrogens (tertiary/aromatic N) is 4. The van der Waals surface area contributed by atoms with Gasteiger partial charge < -0.3 is 4.90 Å². The van der Waals surface area contributed by atoms with Crippen LogP contribution in [0.1, 0.15) is 21.7 Å². The van der Waals surface area contributed by atoms with Gasteiger partial charge in [-0.15, -0.1) is 0 Å². The second-order valence-electron chi connectivity index (χ2n) is 4.88. The molecule has 0 N–H and O–H groups in total. The molecule has 2 aromatic rings. The molecule has 0 bridgehead atoms. The molecular formula is C14H17BrN4O. The lowest BCUT2D eigenvalue weighted by atomic mass is 10.1. The van der Waals surface area contributed by atoms with Gasteiger partial charge >= 0.3 is 0 Å². The quantitative estimate of drug-likeness (QED) is 0.785. The maximum atomic E-state index is 12.6. The van der Waals surface area contributed by atoms with Crippen LogP contribution in [0.3, 0.4) is 0 Å². The number of aryl methyl sites for hydroxylation is 1. The van der Waals surface area contributed by atoms with Crippen LogP contribution in [0.5, 0.6) is 0 Å².